The first-order chi connectivity index (χ1) is 9.69. The van der Waals surface area contributed by atoms with E-state index >= 15 is 0 Å². The molecule has 0 aliphatic carbocycles. The standard InChI is InChI=1S/C14H27NO6/c1-6-19-11(16)8-9-15(10-12(17)20-7-2)13(18)21-14(3,4)5/h13,18H,6-10H2,1-5H3. The molecule has 0 aromatic rings. The lowest BCUT2D eigenvalue weighted by molar-refractivity contribution is -0.240. The molecule has 0 aliphatic rings. The number of nitrogens with zero attached hydrogens (tertiary/aromatic N) is 1. The Morgan fingerprint density at radius 1 is 1.10 bits per heavy atom. The molecule has 0 amide bonds. The highest BCUT2D eigenvalue weighted by atomic mass is 16.6. The van der Waals surface area contributed by atoms with E-state index < -0.39 is 24.0 Å². The topological polar surface area (TPSA) is 85.3 Å². The van der Waals surface area contributed by atoms with E-state index in [1.165, 1.54) is 4.90 Å². The average molecular weight is 305 g/mol. The minimum atomic E-state index is -1.30. The Balaban J connectivity index is 4.59. The van der Waals surface area contributed by atoms with Crippen LogP contribution in [0.2, 0.25) is 0 Å². The highest BCUT2D eigenvalue weighted by molar-refractivity contribution is 5.72. The van der Waals surface area contributed by atoms with Crippen molar-refractivity contribution in [2.75, 3.05) is 26.3 Å². The minimum Gasteiger partial charge on any atom is -0.466 e. The Hall–Kier alpha value is -1.18. The van der Waals surface area contributed by atoms with Crippen molar-refractivity contribution in [3.63, 3.8) is 0 Å². The van der Waals surface area contributed by atoms with Crippen molar-refractivity contribution >= 4 is 11.9 Å². The molecule has 0 fully saturated rings. The van der Waals surface area contributed by atoms with E-state index in [2.05, 4.69) is 0 Å². The maximum atomic E-state index is 11.5. The number of aliphatic hydroxyl groups is 1. The number of carbonyl (C=O) groups is 2. The quantitative estimate of drug-likeness (QED) is 0.500. The SMILES string of the molecule is CCOC(=O)CCN(CC(=O)OCC)C(O)OC(C)(C)C. The van der Waals surface area contributed by atoms with Gasteiger partial charge < -0.3 is 19.3 Å². The van der Waals surface area contributed by atoms with Gasteiger partial charge in [-0.25, -0.2) is 4.90 Å². The van der Waals surface area contributed by atoms with E-state index in [1.807, 2.05) is 0 Å². The van der Waals surface area contributed by atoms with Gasteiger partial charge in [0.25, 0.3) is 0 Å². The second-order valence-corrected chi connectivity index (χ2v) is 5.39. The third-order valence-electron chi connectivity index (χ3n) is 2.32. The third kappa shape index (κ3) is 10.2. The highest BCUT2D eigenvalue weighted by Crippen LogP contribution is 2.13. The summed E-state index contributed by atoms with van der Waals surface area (Å²) in [6.45, 7) is 9.27. The Morgan fingerprint density at radius 2 is 1.62 bits per heavy atom. The molecule has 21 heavy (non-hydrogen) atoms. The molecule has 0 aromatic heterocycles. The Morgan fingerprint density at radius 3 is 2.10 bits per heavy atom. The first kappa shape index (κ1) is 19.8. The van der Waals surface area contributed by atoms with Crippen LogP contribution in [0.15, 0.2) is 0 Å². The summed E-state index contributed by atoms with van der Waals surface area (Å²) in [4.78, 5) is 24.3. The second kappa shape index (κ2) is 9.70. The molecule has 0 aromatic carbocycles. The van der Waals surface area contributed by atoms with Gasteiger partial charge in [0, 0.05) is 6.54 Å². The molecule has 0 saturated heterocycles. The Bertz CT molecular complexity index is 326. The molecule has 124 valence electrons. The van der Waals surface area contributed by atoms with Crippen LogP contribution in [0.5, 0.6) is 0 Å². The lowest BCUT2D eigenvalue weighted by Gasteiger charge is -2.31. The van der Waals surface area contributed by atoms with Crippen LogP contribution in [0.25, 0.3) is 0 Å². The number of aliphatic hydroxyl groups excluding tert-OH is 1. The van der Waals surface area contributed by atoms with E-state index in [9.17, 15) is 14.7 Å². The van der Waals surface area contributed by atoms with E-state index in [-0.39, 0.29) is 32.7 Å². The zero-order valence-electron chi connectivity index (χ0n) is 13.5. The van der Waals surface area contributed by atoms with Gasteiger partial charge in [-0.15, -0.1) is 0 Å². The van der Waals surface area contributed by atoms with Crippen molar-refractivity contribution in [3.8, 4) is 0 Å². The Labute approximate surface area is 126 Å². The highest BCUT2D eigenvalue weighted by Gasteiger charge is 2.25. The van der Waals surface area contributed by atoms with Gasteiger partial charge in [-0.2, -0.15) is 0 Å². The summed E-state index contributed by atoms with van der Waals surface area (Å²) in [5, 5.41) is 10.0. The van der Waals surface area contributed by atoms with Crippen LogP contribution in [0.4, 0.5) is 0 Å². The van der Waals surface area contributed by atoms with Crippen molar-refractivity contribution in [1.82, 2.24) is 4.90 Å². The molecule has 1 atom stereocenters. The predicted octanol–water partition coefficient (Wildman–Crippen LogP) is 0.896. The second-order valence-electron chi connectivity index (χ2n) is 5.39. The molecule has 1 unspecified atom stereocenters. The summed E-state index contributed by atoms with van der Waals surface area (Å²) in [6, 6.07) is 0. The molecule has 7 heteroatoms. The number of ether oxygens (including phenoxy) is 3. The molecule has 0 rings (SSSR count). The van der Waals surface area contributed by atoms with Crippen molar-refractivity contribution in [1.29, 1.82) is 0 Å². The lowest BCUT2D eigenvalue weighted by atomic mass is 10.2. The molecular weight excluding hydrogens is 278 g/mol. The normalized spacial score (nSPS) is 13.1. The summed E-state index contributed by atoms with van der Waals surface area (Å²) >= 11 is 0. The van der Waals surface area contributed by atoms with Crippen molar-refractivity contribution in [3.05, 3.63) is 0 Å². The van der Waals surface area contributed by atoms with Crippen LogP contribution in [-0.2, 0) is 23.8 Å². The number of hydrogen-bond acceptors (Lipinski definition) is 7. The summed E-state index contributed by atoms with van der Waals surface area (Å²) in [7, 11) is 0. The fourth-order valence-electron chi connectivity index (χ4n) is 1.50. The first-order valence-corrected chi connectivity index (χ1v) is 7.10. The van der Waals surface area contributed by atoms with Crippen molar-refractivity contribution in [2.24, 2.45) is 0 Å². The minimum absolute atomic E-state index is 0.0534. The van der Waals surface area contributed by atoms with Gasteiger partial charge >= 0.3 is 11.9 Å². The zero-order chi connectivity index (χ0) is 16.5. The average Bonchev–Trinajstić information content (AvgIpc) is 2.32. The number of rotatable bonds is 9. The van der Waals surface area contributed by atoms with Gasteiger partial charge in [-0.3, -0.25) is 9.59 Å². The molecule has 0 spiro atoms. The summed E-state index contributed by atoms with van der Waals surface area (Å²) < 4.78 is 15.1. The van der Waals surface area contributed by atoms with Crippen molar-refractivity contribution < 1.29 is 28.9 Å². The van der Waals surface area contributed by atoms with Crippen molar-refractivity contribution in [2.45, 2.75) is 53.1 Å². The molecule has 0 radical (unpaired) electrons. The van der Waals surface area contributed by atoms with Gasteiger partial charge in [-0.05, 0) is 34.6 Å². The van der Waals surface area contributed by atoms with Gasteiger partial charge in [-0.1, -0.05) is 0 Å². The van der Waals surface area contributed by atoms with Crippen LogP contribution < -0.4 is 0 Å². The molecular formula is C14H27NO6. The van der Waals surface area contributed by atoms with Gasteiger partial charge in [0.15, 0.2) is 0 Å². The van der Waals surface area contributed by atoms with E-state index in [0.717, 1.165) is 0 Å². The Kier molecular flexibility index (Phi) is 9.16. The fourth-order valence-corrected chi connectivity index (χ4v) is 1.50. The van der Waals surface area contributed by atoms with E-state index in [4.69, 9.17) is 14.2 Å². The van der Waals surface area contributed by atoms with Gasteiger partial charge in [0.05, 0.1) is 25.2 Å². The summed E-state index contributed by atoms with van der Waals surface area (Å²) in [5.74, 6) is -0.882. The molecule has 0 aliphatic heterocycles. The van der Waals surface area contributed by atoms with Gasteiger partial charge in [0.1, 0.15) is 6.54 Å². The van der Waals surface area contributed by atoms with E-state index in [1.54, 1.807) is 34.6 Å². The number of esters is 2. The molecule has 0 saturated carbocycles. The third-order valence-corrected chi connectivity index (χ3v) is 2.32. The van der Waals surface area contributed by atoms with Crippen LogP contribution in [0.1, 0.15) is 41.0 Å². The predicted molar refractivity (Wildman–Crippen MR) is 76.3 cm³/mol. The number of hydrogen-bond donors (Lipinski definition) is 1. The smallest absolute Gasteiger partial charge is 0.320 e. The zero-order valence-corrected chi connectivity index (χ0v) is 13.5. The van der Waals surface area contributed by atoms with Crippen LogP contribution in [0, 0.1) is 0 Å². The lowest BCUT2D eigenvalue weighted by Crippen LogP contribution is -2.45. The maximum absolute atomic E-state index is 11.5. The van der Waals surface area contributed by atoms with Crippen LogP contribution in [0.3, 0.4) is 0 Å². The summed E-state index contributed by atoms with van der Waals surface area (Å²) in [6.07, 6.45) is -1.25. The molecule has 7 nitrogen and oxygen atoms in total. The summed E-state index contributed by atoms with van der Waals surface area (Å²) in [5.41, 5.74) is -0.587. The fraction of sp³-hybridized carbons (Fsp3) is 0.857. The van der Waals surface area contributed by atoms with E-state index in [0.29, 0.717) is 0 Å². The molecule has 0 heterocycles. The largest absolute Gasteiger partial charge is 0.466 e. The number of carbonyl (C=O) groups excluding carboxylic acids is 2. The van der Waals surface area contributed by atoms with Crippen LogP contribution in [-0.4, -0.2) is 60.3 Å². The molecule has 1 N–H and O–H groups in total. The van der Waals surface area contributed by atoms with Gasteiger partial charge in [0.2, 0.25) is 6.41 Å². The maximum Gasteiger partial charge on any atom is 0.320 e. The first-order valence-electron chi connectivity index (χ1n) is 7.10. The van der Waals surface area contributed by atoms with Crippen LogP contribution >= 0.6 is 0 Å². The molecule has 0 bridgehead atoms. The monoisotopic (exact) mass is 305 g/mol.